The molecule has 0 aliphatic carbocycles. The van der Waals surface area contributed by atoms with E-state index in [2.05, 4.69) is 20.9 Å². The van der Waals surface area contributed by atoms with Gasteiger partial charge in [-0.15, -0.1) is 11.3 Å². The average Bonchev–Trinajstić information content (AvgIpc) is 2.81. The molecule has 126 valence electrons. The van der Waals surface area contributed by atoms with Crippen molar-refractivity contribution in [3.8, 4) is 0 Å². The molecule has 0 spiro atoms. The molecule has 1 aromatic heterocycles. The number of hydrogen-bond donors (Lipinski definition) is 0. The van der Waals surface area contributed by atoms with E-state index in [0.29, 0.717) is 27.2 Å². The summed E-state index contributed by atoms with van der Waals surface area (Å²) in [5.74, 6) is -0.394. The third-order valence-corrected chi connectivity index (χ3v) is 5.16. The van der Waals surface area contributed by atoms with Gasteiger partial charge in [0.1, 0.15) is 5.00 Å². The predicted octanol–water partition coefficient (Wildman–Crippen LogP) is 4.96. The predicted molar refractivity (Wildman–Crippen MR) is 97.8 cm³/mol. The summed E-state index contributed by atoms with van der Waals surface area (Å²) in [6.45, 7) is 5.83. The number of carbonyl (C=O) groups is 1. The van der Waals surface area contributed by atoms with Crippen LogP contribution in [0.1, 0.15) is 33.3 Å². The van der Waals surface area contributed by atoms with Crippen LogP contribution in [0.25, 0.3) is 0 Å². The number of esters is 1. The number of nitro benzene ring substituents is 1. The summed E-state index contributed by atoms with van der Waals surface area (Å²) in [6.07, 6.45) is 1.57. The molecule has 2 rings (SSSR count). The van der Waals surface area contributed by atoms with Gasteiger partial charge < -0.3 is 4.74 Å². The zero-order chi connectivity index (χ0) is 17.9. The van der Waals surface area contributed by atoms with E-state index in [9.17, 15) is 14.9 Å². The third kappa shape index (κ3) is 3.88. The minimum Gasteiger partial charge on any atom is -0.462 e. The fraction of sp³-hybridized carbons (Fsp3) is 0.250. The first-order valence-electron chi connectivity index (χ1n) is 7.10. The number of non-ortho nitro benzene ring substituents is 1. The summed E-state index contributed by atoms with van der Waals surface area (Å²) in [6, 6.07) is 4.42. The van der Waals surface area contributed by atoms with E-state index in [4.69, 9.17) is 4.74 Å². The normalized spacial score (nSPS) is 11.0. The van der Waals surface area contributed by atoms with Crippen LogP contribution in [0.3, 0.4) is 0 Å². The SMILES string of the molecule is CCOC(=O)c1c(N=Cc2ccc([N+](=O)[O-])cc2Br)sc(C)c1C. The average molecular weight is 411 g/mol. The number of hydrogen-bond acceptors (Lipinski definition) is 6. The smallest absolute Gasteiger partial charge is 0.341 e. The van der Waals surface area contributed by atoms with E-state index in [1.54, 1.807) is 19.2 Å². The van der Waals surface area contributed by atoms with E-state index in [0.717, 1.165) is 10.4 Å². The van der Waals surface area contributed by atoms with Gasteiger partial charge in [-0.25, -0.2) is 9.79 Å². The topological polar surface area (TPSA) is 81.8 Å². The lowest BCUT2D eigenvalue weighted by Crippen LogP contribution is -2.05. The Balaban J connectivity index is 2.38. The van der Waals surface area contributed by atoms with Crippen molar-refractivity contribution in [1.82, 2.24) is 0 Å². The number of halogens is 1. The van der Waals surface area contributed by atoms with E-state index < -0.39 is 10.9 Å². The summed E-state index contributed by atoms with van der Waals surface area (Å²) >= 11 is 4.70. The zero-order valence-electron chi connectivity index (χ0n) is 13.3. The largest absolute Gasteiger partial charge is 0.462 e. The maximum Gasteiger partial charge on any atom is 0.341 e. The second kappa shape index (κ2) is 7.67. The van der Waals surface area contributed by atoms with Crippen LogP contribution in [0.4, 0.5) is 10.7 Å². The van der Waals surface area contributed by atoms with Gasteiger partial charge in [0.2, 0.25) is 0 Å². The minimum absolute atomic E-state index is 0.00551. The number of benzene rings is 1. The molecule has 24 heavy (non-hydrogen) atoms. The minimum atomic E-state index is -0.462. The van der Waals surface area contributed by atoms with E-state index in [1.165, 1.54) is 23.5 Å². The molecule has 1 aromatic carbocycles. The van der Waals surface area contributed by atoms with Crippen molar-refractivity contribution >= 4 is 50.1 Å². The van der Waals surface area contributed by atoms with Gasteiger partial charge in [-0.05, 0) is 48.3 Å². The molecule has 0 aliphatic rings. The number of nitrogens with zero attached hydrogens (tertiary/aromatic N) is 2. The number of ether oxygens (including phenoxy) is 1. The Hall–Kier alpha value is -2.06. The molecule has 0 amide bonds. The maximum atomic E-state index is 12.1. The molecular formula is C16H15BrN2O4S. The van der Waals surface area contributed by atoms with E-state index >= 15 is 0 Å². The van der Waals surface area contributed by atoms with Crippen molar-refractivity contribution in [3.05, 3.63) is 54.4 Å². The Kier molecular flexibility index (Phi) is 5.84. The molecule has 0 saturated heterocycles. The van der Waals surface area contributed by atoms with Gasteiger partial charge in [0, 0.05) is 33.3 Å². The van der Waals surface area contributed by atoms with Crippen LogP contribution in [0.2, 0.25) is 0 Å². The lowest BCUT2D eigenvalue weighted by Gasteiger charge is -2.02. The quantitative estimate of drug-likeness (QED) is 0.301. The first kappa shape index (κ1) is 18.3. The van der Waals surface area contributed by atoms with E-state index in [-0.39, 0.29) is 5.69 Å². The first-order valence-corrected chi connectivity index (χ1v) is 8.71. The summed E-state index contributed by atoms with van der Waals surface area (Å²) < 4.78 is 5.65. The van der Waals surface area contributed by atoms with Crippen molar-refractivity contribution in [2.45, 2.75) is 20.8 Å². The molecule has 0 radical (unpaired) electrons. The molecule has 0 aliphatic heterocycles. The fourth-order valence-electron chi connectivity index (χ4n) is 2.01. The number of aliphatic imine (C=N–C) groups is 1. The van der Waals surface area contributed by atoms with Gasteiger partial charge in [0.05, 0.1) is 17.1 Å². The van der Waals surface area contributed by atoms with Crippen molar-refractivity contribution in [1.29, 1.82) is 0 Å². The van der Waals surface area contributed by atoms with Gasteiger partial charge in [-0.3, -0.25) is 10.1 Å². The maximum absolute atomic E-state index is 12.1. The molecule has 8 heteroatoms. The van der Waals surface area contributed by atoms with Crippen LogP contribution < -0.4 is 0 Å². The highest BCUT2D eigenvalue weighted by Crippen LogP contribution is 2.35. The number of thiophene rings is 1. The number of rotatable bonds is 5. The van der Waals surface area contributed by atoms with Crippen LogP contribution in [0, 0.1) is 24.0 Å². The molecular weight excluding hydrogens is 396 g/mol. The van der Waals surface area contributed by atoms with Gasteiger partial charge >= 0.3 is 5.97 Å². The summed E-state index contributed by atoms with van der Waals surface area (Å²) in [4.78, 5) is 27.8. The fourth-order valence-corrected chi connectivity index (χ4v) is 3.46. The lowest BCUT2D eigenvalue weighted by molar-refractivity contribution is -0.384. The molecule has 0 fully saturated rings. The molecule has 6 nitrogen and oxygen atoms in total. The van der Waals surface area contributed by atoms with Crippen molar-refractivity contribution < 1.29 is 14.5 Å². The van der Waals surface area contributed by atoms with Crippen LogP contribution in [-0.2, 0) is 4.74 Å². The van der Waals surface area contributed by atoms with Gasteiger partial charge in [0.25, 0.3) is 5.69 Å². The Morgan fingerprint density at radius 1 is 1.46 bits per heavy atom. The molecule has 0 atom stereocenters. The highest BCUT2D eigenvalue weighted by molar-refractivity contribution is 9.10. The zero-order valence-corrected chi connectivity index (χ0v) is 15.7. The molecule has 1 heterocycles. The number of aryl methyl sites for hydroxylation is 1. The Morgan fingerprint density at radius 3 is 2.75 bits per heavy atom. The third-order valence-electron chi connectivity index (χ3n) is 3.36. The Labute approximate surface area is 151 Å². The highest BCUT2D eigenvalue weighted by atomic mass is 79.9. The van der Waals surface area contributed by atoms with Crippen LogP contribution in [0.15, 0.2) is 27.7 Å². The molecule has 0 N–H and O–H groups in total. The molecule has 0 saturated carbocycles. The molecule has 2 aromatic rings. The van der Waals surface area contributed by atoms with Gasteiger partial charge in [0.15, 0.2) is 0 Å². The van der Waals surface area contributed by atoms with E-state index in [1.807, 2.05) is 13.8 Å². The monoisotopic (exact) mass is 410 g/mol. The number of nitro groups is 1. The van der Waals surface area contributed by atoms with Crippen molar-refractivity contribution in [3.63, 3.8) is 0 Å². The highest BCUT2D eigenvalue weighted by Gasteiger charge is 2.20. The van der Waals surface area contributed by atoms with Crippen LogP contribution in [0.5, 0.6) is 0 Å². The molecule has 0 bridgehead atoms. The summed E-state index contributed by atoms with van der Waals surface area (Å²) in [5, 5.41) is 11.3. The Morgan fingerprint density at radius 2 is 2.17 bits per heavy atom. The van der Waals surface area contributed by atoms with Gasteiger partial charge in [-0.1, -0.05) is 0 Å². The van der Waals surface area contributed by atoms with Crippen LogP contribution >= 0.6 is 27.3 Å². The number of carbonyl (C=O) groups excluding carboxylic acids is 1. The first-order chi connectivity index (χ1) is 11.3. The van der Waals surface area contributed by atoms with Crippen molar-refractivity contribution in [2.75, 3.05) is 6.61 Å². The second-order valence-electron chi connectivity index (χ2n) is 4.90. The Bertz CT molecular complexity index is 830. The van der Waals surface area contributed by atoms with Crippen LogP contribution in [-0.4, -0.2) is 23.7 Å². The molecule has 0 unspecified atom stereocenters. The summed E-state index contributed by atoms with van der Waals surface area (Å²) in [7, 11) is 0. The summed E-state index contributed by atoms with van der Waals surface area (Å²) in [5.41, 5.74) is 2.00. The van der Waals surface area contributed by atoms with Crippen molar-refractivity contribution in [2.24, 2.45) is 4.99 Å². The standard InChI is InChI=1S/C16H15BrN2O4S/c1-4-23-16(20)14-9(2)10(3)24-15(14)18-8-11-5-6-12(19(21)22)7-13(11)17/h5-8H,4H2,1-3H3. The lowest BCUT2D eigenvalue weighted by atomic mass is 10.1. The van der Waals surface area contributed by atoms with Gasteiger partial charge in [-0.2, -0.15) is 0 Å². The second-order valence-corrected chi connectivity index (χ2v) is 6.96.